The van der Waals surface area contributed by atoms with E-state index in [-0.39, 0.29) is 12.4 Å². The molecule has 0 saturated heterocycles. The van der Waals surface area contributed by atoms with E-state index in [0.717, 1.165) is 5.56 Å². The maximum atomic E-state index is 12.0. The van der Waals surface area contributed by atoms with Crippen molar-refractivity contribution in [2.75, 3.05) is 6.61 Å². The fraction of sp³-hybridized carbons (Fsp3) is 0.455. The molecule has 84 valence electrons. The van der Waals surface area contributed by atoms with Crippen LogP contribution < -0.4 is 4.74 Å². The highest BCUT2D eigenvalue weighted by Gasteiger charge is 2.20. The predicted octanol–water partition coefficient (Wildman–Crippen LogP) is 2.56. The normalized spacial score (nSPS) is 11.9. The van der Waals surface area contributed by atoms with Gasteiger partial charge in [-0.1, -0.05) is 26.0 Å². The molecule has 0 aliphatic rings. The number of aliphatic hydroxyl groups excluding tert-OH is 1. The van der Waals surface area contributed by atoms with Gasteiger partial charge in [0.2, 0.25) is 0 Å². The zero-order valence-electron chi connectivity index (χ0n) is 8.71. The summed E-state index contributed by atoms with van der Waals surface area (Å²) < 4.78 is 28.2. The number of rotatable bonds is 4. The highest BCUT2D eigenvalue weighted by molar-refractivity contribution is 5.33. The highest BCUT2D eigenvalue weighted by Crippen LogP contribution is 2.26. The van der Waals surface area contributed by atoms with Crippen molar-refractivity contribution in [2.45, 2.75) is 25.9 Å². The lowest BCUT2D eigenvalue weighted by atomic mass is 9.85. The van der Waals surface area contributed by atoms with Crippen molar-refractivity contribution in [1.29, 1.82) is 0 Å². The summed E-state index contributed by atoms with van der Waals surface area (Å²) >= 11 is 0. The van der Waals surface area contributed by atoms with Gasteiger partial charge in [-0.3, -0.25) is 0 Å². The lowest BCUT2D eigenvalue weighted by Gasteiger charge is -2.22. The fourth-order valence-electron chi connectivity index (χ4n) is 1.18. The maximum absolute atomic E-state index is 12.0. The fourth-order valence-corrected chi connectivity index (χ4v) is 1.18. The van der Waals surface area contributed by atoms with Crippen LogP contribution in [0, 0.1) is 0 Å². The molecule has 0 aromatic heterocycles. The Bertz CT molecular complexity index is 324. The smallest absolute Gasteiger partial charge is 0.387 e. The van der Waals surface area contributed by atoms with Crippen molar-refractivity contribution >= 4 is 0 Å². The largest absolute Gasteiger partial charge is 0.435 e. The van der Waals surface area contributed by atoms with Gasteiger partial charge in [-0.2, -0.15) is 8.78 Å². The van der Waals surface area contributed by atoms with Crippen LogP contribution in [-0.2, 0) is 5.41 Å². The highest BCUT2D eigenvalue weighted by atomic mass is 19.3. The van der Waals surface area contributed by atoms with Crippen LogP contribution in [0.4, 0.5) is 8.78 Å². The number of aliphatic hydroxyl groups is 1. The van der Waals surface area contributed by atoms with Crippen LogP contribution in [0.1, 0.15) is 19.4 Å². The van der Waals surface area contributed by atoms with Gasteiger partial charge in [0.1, 0.15) is 5.75 Å². The Labute approximate surface area is 87.5 Å². The molecule has 1 N–H and O–H groups in total. The van der Waals surface area contributed by atoms with Crippen LogP contribution in [0.5, 0.6) is 5.75 Å². The topological polar surface area (TPSA) is 29.5 Å². The molecular weight excluding hydrogens is 202 g/mol. The number of hydrogen-bond donors (Lipinski definition) is 1. The first kappa shape index (κ1) is 11.9. The third-order valence-corrected chi connectivity index (χ3v) is 2.24. The quantitative estimate of drug-likeness (QED) is 0.838. The van der Waals surface area contributed by atoms with E-state index < -0.39 is 12.0 Å². The Morgan fingerprint density at radius 3 is 2.60 bits per heavy atom. The number of ether oxygens (including phenoxy) is 1. The average molecular weight is 216 g/mol. The zero-order chi connectivity index (χ0) is 11.5. The first-order valence-electron chi connectivity index (χ1n) is 4.62. The molecule has 0 radical (unpaired) electrons. The molecule has 0 unspecified atom stereocenters. The van der Waals surface area contributed by atoms with Crippen LogP contribution in [-0.4, -0.2) is 18.3 Å². The molecule has 15 heavy (non-hydrogen) atoms. The molecular formula is C11H14F2O2. The summed E-state index contributed by atoms with van der Waals surface area (Å²) in [5.74, 6) is 0.115. The second-order valence-corrected chi connectivity index (χ2v) is 3.95. The van der Waals surface area contributed by atoms with E-state index in [9.17, 15) is 8.78 Å². The van der Waals surface area contributed by atoms with Gasteiger partial charge in [0, 0.05) is 5.41 Å². The number of benzene rings is 1. The molecule has 0 bridgehead atoms. The van der Waals surface area contributed by atoms with E-state index >= 15 is 0 Å². The van der Waals surface area contributed by atoms with Crippen molar-refractivity contribution in [3.63, 3.8) is 0 Å². The van der Waals surface area contributed by atoms with Gasteiger partial charge in [0.05, 0.1) is 6.61 Å². The van der Waals surface area contributed by atoms with Gasteiger partial charge in [-0.25, -0.2) is 0 Å². The minimum atomic E-state index is -2.82. The number of hydrogen-bond acceptors (Lipinski definition) is 2. The van der Waals surface area contributed by atoms with E-state index in [0.29, 0.717) is 0 Å². The van der Waals surface area contributed by atoms with Gasteiger partial charge in [-0.15, -0.1) is 0 Å². The van der Waals surface area contributed by atoms with Crippen molar-refractivity contribution < 1.29 is 18.6 Å². The van der Waals surface area contributed by atoms with E-state index in [4.69, 9.17) is 5.11 Å². The number of alkyl halides is 2. The summed E-state index contributed by atoms with van der Waals surface area (Å²) in [5.41, 5.74) is 0.310. The van der Waals surface area contributed by atoms with Gasteiger partial charge >= 0.3 is 6.61 Å². The van der Waals surface area contributed by atoms with Crippen molar-refractivity contribution in [2.24, 2.45) is 0 Å². The molecule has 0 amide bonds. The van der Waals surface area contributed by atoms with E-state index in [2.05, 4.69) is 4.74 Å². The molecule has 0 aliphatic carbocycles. The summed E-state index contributed by atoms with van der Waals surface area (Å²) in [5, 5.41) is 9.13. The van der Waals surface area contributed by atoms with Crippen LogP contribution in [0.25, 0.3) is 0 Å². The van der Waals surface area contributed by atoms with Crippen LogP contribution in [0.15, 0.2) is 24.3 Å². The third kappa shape index (κ3) is 3.16. The molecule has 1 rings (SSSR count). The second-order valence-electron chi connectivity index (χ2n) is 3.95. The zero-order valence-corrected chi connectivity index (χ0v) is 8.71. The minimum absolute atomic E-state index is 0.0505. The first-order chi connectivity index (χ1) is 6.95. The van der Waals surface area contributed by atoms with E-state index in [1.165, 1.54) is 12.1 Å². The standard InChI is InChI=1S/C11H14F2O2/c1-11(2,7-14)8-4-3-5-9(6-8)15-10(12)13/h3-6,10,14H,7H2,1-2H3. The van der Waals surface area contributed by atoms with Crippen molar-refractivity contribution in [3.05, 3.63) is 29.8 Å². The SMILES string of the molecule is CC(C)(CO)c1cccc(OC(F)F)c1. The summed E-state index contributed by atoms with van der Waals surface area (Å²) in [6.45, 7) is 0.783. The van der Waals surface area contributed by atoms with Gasteiger partial charge in [0.15, 0.2) is 0 Å². The van der Waals surface area contributed by atoms with Crippen LogP contribution in [0.3, 0.4) is 0 Å². The molecule has 0 aliphatic heterocycles. The first-order valence-corrected chi connectivity index (χ1v) is 4.62. The molecule has 0 fully saturated rings. The summed E-state index contributed by atoms with van der Waals surface area (Å²) in [4.78, 5) is 0. The molecule has 0 saturated carbocycles. The maximum Gasteiger partial charge on any atom is 0.387 e. The van der Waals surface area contributed by atoms with Gasteiger partial charge in [-0.05, 0) is 17.7 Å². The summed E-state index contributed by atoms with van der Waals surface area (Å²) in [6.07, 6.45) is 0. The lowest BCUT2D eigenvalue weighted by Crippen LogP contribution is -2.22. The lowest BCUT2D eigenvalue weighted by molar-refractivity contribution is -0.0499. The molecule has 4 heteroatoms. The Hall–Kier alpha value is -1.16. The molecule has 1 aromatic carbocycles. The van der Waals surface area contributed by atoms with Crippen LogP contribution >= 0.6 is 0 Å². The predicted molar refractivity (Wildman–Crippen MR) is 53.2 cm³/mol. The van der Waals surface area contributed by atoms with Gasteiger partial charge in [0.25, 0.3) is 0 Å². The Kier molecular flexibility index (Phi) is 3.63. The molecule has 0 spiro atoms. The third-order valence-electron chi connectivity index (χ3n) is 2.24. The average Bonchev–Trinajstić information content (AvgIpc) is 2.17. The summed E-state index contributed by atoms with van der Waals surface area (Å²) in [7, 11) is 0. The van der Waals surface area contributed by atoms with Crippen molar-refractivity contribution in [1.82, 2.24) is 0 Å². The van der Waals surface area contributed by atoms with Crippen molar-refractivity contribution in [3.8, 4) is 5.75 Å². The summed E-state index contributed by atoms with van der Waals surface area (Å²) in [6, 6.07) is 6.38. The number of halogens is 2. The van der Waals surface area contributed by atoms with Gasteiger partial charge < -0.3 is 9.84 Å². The minimum Gasteiger partial charge on any atom is -0.435 e. The van der Waals surface area contributed by atoms with E-state index in [1.807, 2.05) is 13.8 Å². The Morgan fingerprint density at radius 2 is 2.07 bits per heavy atom. The monoisotopic (exact) mass is 216 g/mol. The van der Waals surface area contributed by atoms with Crippen LogP contribution in [0.2, 0.25) is 0 Å². The molecule has 2 nitrogen and oxygen atoms in total. The molecule has 0 heterocycles. The molecule has 1 aromatic rings. The Morgan fingerprint density at radius 1 is 1.40 bits per heavy atom. The molecule has 0 atom stereocenters. The second kappa shape index (κ2) is 4.57. The van der Waals surface area contributed by atoms with E-state index in [1.54, 1.807) is 12.1 Å². The Balaban J connectivity index is 2.92.